The van der Waals surface area contributed by atoms with Gasteiger partial charge in [0, 0.05) is 22.1 Å². The van der Waals surface area contributed by atoms with Crippen molar-refractivity contribution in [1.82, 2.24) is 0 Å². The van der Waals surface area contributed by atoms with Crippen LogP contribution in [0.3, 0.4) is 0 Å². The van der Waals surface area contributed by atoms with Crippen LogP contribution in [-0.2, 0) is 11.8 Å². The molecule has 2 aliphatic rings. The minimum atomic E-state index is -0.0965. The molecule has 7 aromatic carbocycles. The van der Waals surface area contributed by atoms with E-state index in [9.17, 15) is 0 Å². The van der Waals surface area contributed by atoms with Crippen LogP contribution in [-0.4, -0.2) is 6.71 Å². The van der Waals surface area contributed by atoms with Gasteiger partial charge < -0.3 is 14.1 Å². The Balaban J connectivity index is 1.30. The maximum Gasteiger partial charge on any atom is 0.256 e. The summed E-state index contributed by atoms with van der Waals surface area (Å²) in [5, 5.41) is 2.39. The molecule has 0 fully saturated rings. The van der Waals surface area contributed by atoms with Gasteiger partial charge in [-0.3, -0.25) is 0 Å². The summed E-state index contributed by atoms with van der Waals surface area (Å²) in [5.41, 5.74) is 16.4. The van der Waals surface area contributed by atoms with Crippen LogP contribution in [0.2, 0.25) is 0 Å². The number of para-hydroxylation sites is 1. The second-order valence-electron chi connectivity index (χ2n) is 15.9. The lowest BCUT2D eigenvalue weighted by Gasteiger charge is -2.42. The molecule has 0 aliphatic carbocycles. The summed E-state index contributed by atoms with van der Waals surface area (Å²) in [7, 11) is 0. The second kappa shape index (κ2) is 12.6. The predicted octanol–water partition coefficient (Wildman–Crippen LogP) is 12.0. The number of hydrogen-bond donors (Lipinski definition) is 0. The van der Waals surface area contributed by atoms with E-state index < -0.39 is 0 Å². The molecule has 0 atom stereocenters. The molecule has 0 spiro atoms. The van der Waals surface area contributed by atoms with Crippen molar-refractivity contribution in [2.75, 3.05) is 4.90 Å². The Morgan fingerprint density at radius 1 is 0.574 bits per heavy atom. The number of furan rings is 1. The first kappa shape index (κ1) is 32.6. The Bertz CT molecular complexity index is 2720. The Hall–Kier alpha value is -6.00. The van der Waals surface area contributed by atoms with Crippen LogP contribution in [0.15, 0.2) is 150 Å². The Kier molecular flexibility index (Phi) is 7.59. The summed E-state index contributed by atoms with van der Waals surface area (Å²) in [6.07, 6.45) is 3.14. The van der Waals surface area contributed by atoms with E-state index >= 15 is 0 Å². The third-order valence-electron chi connectivity index (χ3n) is 11.5. The summed E-state index contributed by atoms with van der Waals surface area (Å²) in [6.45, 7) is 9.15. The smallest absolute Gasteiger partial charge is 0.256 e. The molecule has 0 saturated carbocycles. The summed E-state index contributed by atoms with van der Waals surface area (Å²) in [4.78, 5) is 2.55. The summed E-state index contributed by atoms with van der Waals surface area (Å²) in [6, 6.07) is 53.0. The average Bonchev–Trinajstić information content (AvgIpc) is 3.59. The number of rotatable bonds is 6. The van der Waals surface area contributed by atoms with E-state index in [1.165, 1.54) is 77.6 Å². The molecule has 0 N–H and O–H groups in total. The van der Waals surface area contributed by atoms with Crippen molar-refractivity contribution >= 4 is 62.1 Å². The minimum Gasteiger partial charge on any atom is -0.458 e. The Labute approximate surface area is 317 Å². The van der Waals surface area contributed by atoms with Crippen molar-refractivity contribution in [2.24, 2.45) is 0 Å². The fourth-order valence-corrected chi connectivity index (χ4v) is 8.76. The average molecular weight is 700 g/mol. The van der Waals surface area contributed by atoms with Crippen LogP contribution in [0.5, 0.6) is 11.5 Å². The lowest BCUT2D eigenvalue weighted by molar-refractivity contribution is 0.483. The number of benzene rings is 7. The van der Waals surface area contributed by atoms with Crippen molar-refractivity contribution in [2.45, 2.75) is 52.4 Å². The van der Waals surface area contributed by atoms with Crippen LogP contribution in [0.4, 0.5) is 17.1 Å². The van der Waals surface area contributed by atoms with Gasteiger partial charge in [0.15, 0.2) is 0 Å². The normalized spacial score (nSPS) is 13.1. The monoisotopic (exact) mass is 699 g/mol. The molecule has 3 nitrogen and oxygen atoms in total. The van der Waals surface area contributed by atoms with E-state index in [1.54, 1.807) is 0 Å². The molecule has 4 heteroatoms. The van der Waals surface area contributed by atoms with Gasteiger partial charge in [0.2, 0.25) is 0 Å². The van der Waals surface area contributed by atoms with Crippen LogP contribution >= 0.6 is 0 Å². The molecule has 0 unspecified atom stereocenters. The minimum absolute atomic E-state index is 0.0241. The van der Waals surface area contributed by atoms with E-state index in [0.29, 0.717) is 0 Å². The molecule has 2 aliphatic heterocycles. The quantitative estimate of drug-likeness (QED) is 0.162. The largest absolute Gasteiger partial charge is 0.458 e. The van der Waals surface area contributed by atoms with E-state index in [-0.39, 0.29) is 12.1 Å². The van der Waals surface area contributed by atoms with Gasteiger partial charge in [-0.2, -0.15) is 0 Å². The SMILES string of the molecule is CCCCc1c(N2c3ccc(-c4ccccc4)cc3B3c4cc(-c5ccccc5)ccc4Oc4cc(C(C)(C)C)cc2c43)ccc2oc3ccccc3c12. The van der Waals surface area contributed by atoms with Crippen LogP contribution < -0.4 is 26.0 Å². The zero-order chi connectivity index (χ0) is 36.6. The van der Waals surface area contributed by atoms with Gasteiger partial charge >= 0.3 is 0 Å². The third-order valence-corrected chi connectivity index (χ3v) is 11.5. The molecular formula is C50H42BNO2. The molecule has 3 heterocycles. The number of ether oxygens (including phenoxy) is 1. The third kappa shape index (κ3) is 5.19. The number of nitrogens with zero attached hydrogens (tertiary/aromatic N) is 1. The van der Waals surface area contributed by atoms with Gasteiger partial charge in [-0.15, -0.1) is 0 Å². The highest BCUT2D eigenvalue weighted by Crippen LogP contribution is 2.47. The predicted molar refractivity (Wildman–Crippen MR) is 228 cm³/mol. The standard InChI is InChI=1S/C50H42BNO2/c1-5-6-19-37-41(25-27-46-48(37)38-20-13-14-21-44(38)53-46)52-42-24-22-34(32-15-9-7-10-16-32)28-39(42)51-40-29-35(33-17-11-8-12-18-33)23-26-45(40)54-47-31-36(50(2,3)4)30-43(52)49(47)51/h7-18,20-31H,5-6,19H2,1-4H3. The summed E-state index contributed by atoms with van der Waals surface area (Å²) < 4.78 is 13.5. The first-order chi connectivity index (χ1) is 26.4. The molecule has 0 amide bonds. The zero-order valence-electron chi connectivity index (χ0n) is 31.3. The Morgan fingerprint density at radius 3 is 1.96 bits per heavy atom. The number of unbranched alkanes of at least 4 members (excludes halogenated alkanes) is 1. The topological polar surface area (TPSA) is 25.6 Å². The highest BCUT2D eigenvalue weighted by Gasteiger charge is 2.43. The lowest BCUT2D eigenvalue weighted by atomic mass is 9.34. The van der Waals surface area contributed by atoms with E-state index in [0.717, 1.165) is 41.9 Å². The molecule has 1 aromatic heterocycles. The number of aryl methyl sites for hydroxylation is 1. The molecule has 0 bridgehead atoms. The molecular weight excluding hydrogens is 657 g/mol. The van der Waals surface area contributed by atoms with Crippen LogP contribution in [0, 0.1) is 0 Å². The van der Waals surface area contributed by atoms with Crippen LogP contribution in [0.25, 0.3) is 44.2 Å². The van der Waals surface area contributed by atoms with Crippen molar-refractivity contribution in [3.05, 3.63) is 157 Å². The molecule has 0 saturated heterocycles. The van der Waals surface area contributed by atoms with E-state index in [4.69, 9.17) is 9.15 Å². The van der Waals surface area contributed by atoms with Crippen molar-refractivity contribution in [3.8, 4) is 33.8 Å². The first-order valence-electron chi connectivity index (χ1n) is 19.4. The highest BCUT2D eigenvalue weighted by atomic mass is 16.5. The fourth-order valence-electron chi connectivity index (χ4n) is 8.76. The van der Waals surface area contributed by atoms with Gasteiger partial charge in [0.25, 0.3) is 6.71 Å². The first-order valence-corrected chi connectivity index (χ1v) is 19.4. The fraction of sp³-hybridized carbons (Fsp3) is 0.160. The van der Waals surface area contributed by atoms with Crippen molar-refractivity contribution in [3.63, 3.8) is 0 Å². The summed E-state index contributed by atoms with van der Waals surface area (Å²) >= 11 is 0. The molecule has 262 valence electrons. The second-order valence-corrected chi connectivity index (χ2v) is 15.9. The molecule has 0 radical (unpaired) electrons. The number of anilines is 3. The van der Waals surface area contributed by atoms with Gasteiger partial charge in [0.05, 0.1) is 5.69 Å². The number of fused-ring (bicyclic) bond motifs is 7. The molecule has 54 heavy (non-hydrogen) atoms. The number of hydrogen-bond acceptors (Lipinski definition) is 3. The molecule has 8 aromatic rings. The summed E-state index contributed by atoms with van der Waals surface area (Å²) in [5.74, 6) is 1.86. The van der Waals surface area contributed by atoms with E-state index in [2.05, 4.69) is 178 Å². The van der Waals surface area contributed by atoms with E-state index in [1.807, 2.05) is 0 Å². The lowest BCUT2D eigenvalue weighted by Crippen LogP contribution is -2.59. The maximum atomic E-state index is 7.03. The van der Waals surface area contributed by atoms with Gasteiger partial charge in [-0.05, 0) is 110 Å². The van der Waals surface area contributed by atoms with Gasteiger partial charge in [-0.1, -0.05) is 137 Å². The van der Waals surface area contributed by atoms with Crippen molar-refractivity contribution < 1.29 is 9.15 Å². The van der Waals surface area contributed by atoms with Crippen molar-refractivity contribution in [1.29, 1.82) is 0 Å². The maximum absolute atomic E-state index is 7.03. The zero-order valence-corrected chi connectivity index (χ0v) is 31.3. The molecule has 10 rings (SSSR count). The van der Waals surface area contributed by atoms with Gasteiger partial charge in [-0.25, -0.2) is 0 Å². The highest BCUT2D eigenvalue weighted by molar-refractivity contribution is 6.99. The van der Waals surface area contributed by atoms with Gasteiger partial charge in [0.1, 0.15) is 22.7 Å². The Morgan fingerprint density at radius 2 is 1.24 bits per heavy atom. The van der Waals surface area contributed by atoms with Crippen LogP contribution in [0.1, 0.15) is 51.7 Å².